The van der Waals surface area contributed by atoms with Crippen molar-refractivity contribution in [2.45, 2.75) is 101 Å². The number of esters is 1. The lowest BCUT2D eigenvalue weighted by atomic mass is 9.43. The number of aliphatic hydroxyl groups is 3. The van der Waals surface area contributed by atoms with Gasteiger partial charge in [0.05, 0.1) is 28.5 Å². The minimum absolute atomic E-state index is 0.0429. The van der Waals surface area contributed by atoms with Gasteiger partial charge in [0, 0.05) is 12.5 Å². The van der Waals surface area contributed by atoms with Crippen molar-refractivity contribution in [3.63, 3.8) is 0 Å². The molecule has 6 rings (SSSR count). The van der Waals surface area contributed by atoms with E-state index in [4.69, 9.17) is 9.88 Å². The minimum Gasteiger partial charge on any atom is -0.426 e. The van der Waals surface area contributed by atoms with E-state index in [0.717, 1.165) is 49.9 Å². The number of benzene rings is 1. The van der Waals surface area contributed by atoms with Crippen molar-refractivity contribution in [2.24, 2.45) is 51.5 Å². The van der Waals surface area contributed by atoms with Gasteiger partial charge < -0.3 is 20.1 Å². The van der Waals surface area contributed by atoms with Gasteiger partial charge in [0.2, 0.25) is 4.34 Å². The lowest BCUT2D eigenvalue weighted by Crippen LogP contribution is -2.62. The second-order valence-corrected chi connectivity index (χ2v) is 16.9. The number of aliphatic hydroxyl groups excluding tert-OH is 3. The van der Waals surface area contributed by atoms with Gasteiger partial charge >= 0.3 is 5.97 Å². The fraction of sp³-hybridized carbons (Fsp3) is 0.742. The zero-order valence-corrected chi connectivity index (χ0v) is 26.2. The molecular formula is C31H44N2O7S2. The van der Waals surface area contributed by atoms with Crippen molar-refractivity contribution in [3.8, 4) is 5.75 Å². The number of hydrogen-bond acceptors (Lipinski definition) is 9. The normalized spacial score (nSPS) is 40.6. The van der Waals surface area contributed by atoms with E-state index in [1.807, 2.05) is 0 Å². The minimum atomic E-state index is -3.91. The molecule has 0 aliphatic heterocycles. The molecule has 1 aromatic carbocycles. The standard InChI is InChI=1S/C31H44N2O7S2/c1-16(4-9-27(37)40-19-5-8-23-25(14-19)41-29(33-23)42(32,38)39)20-6-7-21-28-22(15-26(36)31(20,21)3)30(2)11-10-18(34)12-17(30)13-24(28)35/h5,8,14,16-18,20-22,24,26,28,34-36H,4,6-7,9-13,15H2,1-3H3,(H2,32,38,39)/t16-,17+,18-,20-,21+,22+,24-,26+,28+,30+,31-/m1/s1. The Kier molecular flexibility index (Phi) is 7.79. The summed E-state index contributed by atoms with van der Waals surface area (Å²) < 4.78 is 29.2. The van der Waals surface area contributed by atoms with E-state index in [1.165, 1.54) is 0 Å². The number of ether oxygens (including phenoxy) is 1. The van der Waals surface area contributed by atoms with Crippen molar-refractivity contribution in [2.75, 3.05) is 0 Å². The van der Waals surface area contributed by atoms with Gasteiger partial charge in [-0.3, -0.25) is 4.79 Å². The lowest BCUT2D eigenvalue weighted by molar-refractivity contribution is -0.207. The molecule has 11 heteroatoms. The molecule has 1 aromatic heterocycles. The Morgan fingerprint density at radius 3 is 2.64 bits per heavy atom. The summed E-state index contributed by atoms with van der Waals surface area (Å²) in [6.07, 6.45) is 5.58. The smallest absolute Gasteiger partial charge is 0.311 e. The summed E-state index contributed by atoms with van der Waals surface area (Å²) in [5.74, 6) is 1.35. The molecule has 232 valence electrons. The third-order valence-corrected chi connectivity index (χ3v) is 14.5. The van der Waals surface area contributed by atoms with Crippen LogP contribution >= 0.6 is 11.3 Å². The van der Waals surface area contributed by atoms with Crippen LogP contribution in [0.1, 0.15) is 78.6 Å². The molecule has 0 bridgehead atoms. The van der Waals surface area contributed by atoms with Crippen molar-refractivity contribution < 1.29 is 33.3 Å². The average Bonchev–Trinajstić information content (AvgIpc) is 3.51. The number of rotatable bonds is 6. The molecule has 0 amide bonds. The van der Waals surface area contributed by atoms with Crippen LogP contribution in [0.3, 0.4) is 0 Å². The van der Waals surface area contributed by atoms with Gasteiger partial charge in [-0.25, -0.2) is 18.5 Å². The number of aromatic nitrogens is 1. The van der Waals surface area contributed by atoms with E-state index in [0.29, 0.717) is 34.7 Å². The number of carbonyl (C=O) groups is 1. The first kappa shape index (κ1) is 30.4. The molecule has 11 atom stereocenters. The maximum Gasteiger partial charge on any atom is 0.311 e. The van der Waals surface area contributed by atoms with Gasteiger partial charge in [-0.2, -0.15) is 0 Å². The SMILES string of the molecule is C[C@H](CCC(=O)Oc1ccc2nc(S(N)(=O)=O)sc2c1)[C@H]1CC[C@H]2[C@@H]3[C@H](O)C[C@@H]4C[C@H](O)CC[C@]4(C)[C@H]3C[C@H](O)[C@]12C. The van der Waals surface area contributed by atoms with Crippen LogP contribution in [0.15, 0.2) is 22.5 Å². The van der Waals surface area contributed by atoms with Crippen molar-refractivity contribution in [3.05, 3.63) is 18.2 Å². The van der Waals surface area contributed by atoms with Gasteiger partial charge in [-0.1, -0.05) is 20.8 Å². The number of thiazole rings is 1. The predicted molar refractivity (Wildman–Crippen MR) is 159 cm³/mol. The number of sulfonamides is 1. The molecule has 42 heavy (non-hydrogen) atoms. The predicted octanol–water partition coefficient (Wildman–Crippen LogP) is 4.23. The quantitative estimate of drug-likeness (QED) is 0.276. The molecule has 0 radical (unpaired) electrons. The Balaban J connectivity index is 1.12. The molecule has 2 aromatic rings. The Hall–Kier alpha value is -1.63. The van der Waals surface area contributed by atoms with Crippen LogP contribution in [0.5, 0.6) is 5.75 Å². The molecule has 4 fully saturated rings. The Bertz CT molecular complexity index is 1460. The zero-order valence-electron chi connectivity index (χ0n) is 24.6. The van der Waals surface area contributed by atoms with Crippen LogP contribution in [0.2, 0.25) is 0 Å². The Morgan fingerprint density at radius 2 is 1.90 bits per heavy atom. The summed E-state index contributed by atoms with van der Waals surface area (Å²) in [5, 5.41) is 38.8. The van der Waals surface area contributed by atoms with Crippen LogP contribution in [0.4, 0.5) is 0 Å². The van der Waals surface area contributed by atoms with E-state index >= 15 is 0 Å². The van der Waals surface area contributed by atoms with Crippen LogP contribution in [-0.2, 0) is 14.8 Å². The molecule has 4 aliphatic carbocycles. The first-order valence-corrected chi connectivity index (χ1v) is 17.8. The molecular weight excluding hydrogens is 576 g/mol. The highest BCUT2D eigenvalue weighted by molar-refractivity contribution is 7.91. The highest BCUT2D eigenvalue weighted by Gasteiger charge is 2.65. The van der Waals surface area contributed by atoms with Crippen molar-refractivity contribution in [1.29, 1.82) is 0 Å². The second-order valence-electron chi connectivity index (χ2n) is 14.2. The first-order chi connectivity index (χ1) is 19.7. The second kappa shape index (κ2) is 10.8. The zero-order chi connectivity index (χ0) is 30.2. The average molecular weight is 621 g/mol. The fourth-order valence-electron chi connectivity index (χ4n) is 9.93. The highest BCUT2D eigenvalue weighted by Crippen LogP contribution is 2.68. The maximum absolute atomic E-state index is 12.8. The number of fused-ring (bicyclic) bond motifs is 6. The van der Waals surface area contributed by atoms with Crippen LogP contribution in [0.25, 0.3) is 10.2 Å². The summed E-state index contributed by atoms with van der Waals surface area (Å²) >= 11 is 0.937. The maximum atomic E-state index is 12.8. The number of nitrogens with two attached hydrogens (primary N) is 1. The van der Waals surface area contributed by atoms with E-state index < -0.39 is 22.2 Å². The Labute approximate surface area is 251 Å². The summed E-state index contributed by atoms with van der Waals surface area (Å²) in [5.41, 5.74) is 0.200. The number of primary sulfonamides is 1. The summed E-state index contributed by atoms with van der Waals surface area (Å²) in [4.78, 5) is 16.9. The van der Waals surface area contributed by atoms with Crippen LogP contribution in [-0.4, -0.2) is 53.0 Å². The van der Waals surface area contributed by atoms with Gasteiger partial charge in [0.25, 0.3) is 10.0 Å². The molecule has 5 N–H and O–H groups in total. The van der Waals surface area contributed by atoms with Gasteiger partial charge in [0.1, 0.15) is 5.75 Å². The third-order valence-electron chi connectivity index (χ3n) is 12.1. The third kappa shape index (κ3) is 5.01. The van der Waals surface area contributed by atoms with E-state index in [9.17, 15) is 28.5 Å². The monoisotopic (exact) mass is 620 g/mol. The lowest BCUT2D eigenvalue weighted by Gasteiger charge is -2.63. The highest BCUT2D eigenvalue weighted by atomic mass is 32.2. The van der Waals surface area contributed by atoms with Gasteiger partial charge in [0.15, 0.2) is 0 Å². The summed E-state index contributed by atoms with van der Waals surface area (Å²) in [6, 6.07) is 4.82. The van der Waals surface area contributed by atoms with Crippen molar-refractivity contribution in [1.82, 2.24) is 4.98 Å². The molecule has 4 saturated carbocycles. The topological polar surface area (TPSA) is 160 Å². The Morgan fingerprint density at radius 1 is 1.14 bits per heavy atom. The molecule has 1 heterocycles. The summed E-state index contributed by atoms with van der Waals surface area (Å²) in [7, 11) is -3.91. The van der Waals surface area contributed by atoms with E-state index in [2.05, 4.69) is 25.8 Å². The molecule has 0 spiro atoms. The largest absolute Gasteiger partial charge is 0.426 e. The van der Waals surface area contributed by atoms with Crippen LogP contribution in [0, 0.1) is 46.3 Å². The van der Waals surface area contributed by atoms with Crippen molar-refractivity contribution >= 4 is 37.5 Å². The van der Waals surface area contributed by atoms with Crippen LogP contribution < -0.4 is 9.88 Å². The molecule has 4 aliphatic rings. The molecule has 0 saturated heterocycles. The number of carbonyl (C=O) groups excluding carboxylic acids is 1. The van der Waals surface area contributed by atoms with Gasteiger partial charge in [-0.05, 0) is 110 Å². The fourth-order valence-corrected chi connectivity index (χ4v) is 11.6. The number of hydrogen-bond donors (Lipinski definition) is 4. The molecule has 0 unspecified atom stereocenters. The van der Waals surface area contributed by atoms with E-state index in [-0.39, 0.29) is 63.3 Å². The molecule has 9 nitrogen and oxygen atoms in total. The first-order valence-electron chi connectivity index (χ1n) is 15.4. The number of nitrogens with zero attached hydrogens (tertiary/aromatic N) is 1. The summed E-state index contributed by atoms with van der Waals surface area (Å²) in [6.45, 7) is 6.73. The van der Waals surface area contributed by atoms with Gasteiger partial charge in [-0.15, -0.1) is 11.3 Å². The van der Waals surface area contributed by atoms with E-state index in [1.54, 1.807) is 18.2 Å².